The molecule has 1 aromatic heterocycles. The summed E-state index contributed by atoms with van der Waals surface area (Å²) in [5, 5.41) is 3.82. The fourth-order valence-corrected chi connectivity index (χ4v) is 6.58. The second-order valence-corrected chi connectivity index (χ2v) is 11.2. The van der Waals surface area contributed by atoms with Gasteiger partial charge in [0.25, 0.3) is 5.91 Å². The van der Waals surface area contributed by atoms with Gasteiger partial charge in [0, 0.05) is 19.6 Å². The van der Waals surface area contributed by atoms with Crippen molar-refractivity contribution in [1.29, 1.82) is 0 Å². The number of amides is 1. The van der Waals surface area contributed by atoms with Crippen LogP contribution < -0.4 is 5.43 Å². The molecule has 12 heteroatoms. The van der Waals surface area contributed by atoms with Gasteiger partial charge in [0.1, 0.15) is 11.8 Å². The summed E-state index contributed by atoms with van der Waals surface area (Å²) < 4.78 is 60.1. The monoisotopic (exact) mass is 502 g/mol. The number of hydrogen-bond donors (Lipinski definition) is 1. The molecule has 0 bridgehead atoms. The normalized spacial score (nSPS) is 18.2. The van der Waals surface area contributed by atoms with Gasteiger partial charge in [-0.1, -0.05) is 36.4 Å². The second kappa shape index (κ2) is 9.89. The predicted molar refractivity (Wildman–Crippen MR) is 124 cm³/mol. The minimum atomic E-state index is -4.08. The summed E-state index contributed by atoms with van der Waals surface area (Å²) in [5.74, 6) is -0.388. The van der Waals surface area contributed by atoms with Gasteiger partial charge in [-0.05, 0) is 36.4 Å². The molecule has 1 saturated heterocycles. The third kappa shape index (κ3) is 4.94. The molecule has 1 aliphatic rings. The van der Waals surface area contributed by atoms with E-state index in [4.69, 9.17) is 4.42 Å². The van der Waals surface area contributed by atoms with Crippen LogP contribution in [0.15, 0.2) is 98.4 Å². The fraction of sp³-hybridized carbons (Fsp3) is 0.182. The van der Waals surface area contributed by atoms with Crippen LogP contribution in [0.4, 0.5) is 0 Å². The lowest BCUT2D eigenvalue weighted by molar-refractivity contribution is -0.125. The molecule has 2 aromatic carbocycles. The molecule has 2 heterocycles. The topological polar surface area (TPSA) is 129 Å². The maximum atomic E-state index is 13.3. The van der Waals surface area contributed by atoms with Gasteiger partial charge in [-0.25, -0.2) is 22.3 Å². The Bertz CT molecular complexity index is 1360. The third-order valence-corrected chi connectivity index (χ3v) is 9.04. The Kier molecular flexibility index (Phi) is 6.93. The Morgan fingerprint density at radius 3 is 2.09 bits per heavy atom. The van der Waals surface area contributed by atoms with Gasteiger partial charge in [-0.15, -0.1) is 0 Å². The van der Waals surface area contributed by atoms with Crippen LogP contribution in [0.1, 0.15) is 5.76 Å². The van der Waals surface area contributed by atoms with Gasteiger partial charge in [0.2, 0.25) is 20.0 Å². The highest BCUT2D eigenvalue weighted by atomic mass is 32.2. The van der Waals surface area contributed by atoms with Crippen molar-refractivity contribution in [2.75, 3.05) is 19.6 Å². The summed E-state index contributed by atoms with van der Waals surface area (Å²) in [4.78, 5) is 13.1. The zero-order valence-corrected chi connectivity index (χ0v) is 19.5. The van der Waals surface area contributed by atoms with Crippen LogP contribution >= 0.6 is 0 Å². The van der Waals surface area contributed by atoms with E-state index in [1.165, 1.54) is 36.7 Å². The summed E-state index contributed by atoms with van der Waals surface area (Å²) in [6.07, 6.45) is 2.69. The van der Waals surface area contributed by atoms with Crippen LogP contribution in [0.5, 0.6) is 0 Å². The lowest BCUT2D eigenvalue weighted by Crippen LogP contribution is -2.60. The van der Waals surface area contributed by atoms with Gasteiger partial charge >= 0.3 is 0 Å². The van der Waals surface area contributed by atoms with Gasteiger partial charge in [-0.2, -0.15) is 13.7 Å². The molecule has 34 heavy (non-hydrogen) atoms. The number of carbonyl (C=O) groups is 1. The lowest BCUT2D eigenvalue weighted by atomic mass is 10.2. The van der Waals surface area contributed by atoms with Crippen molar-refractivity contribution in [2.45, 2.75) is 15.8 Å². The zero-order valence-electron chi connectivity index (χ0n) is 17.9. The molecule has 0 aliphatic carbocycles. The molecular formula is C22H22N4O6S2. The van der Waals surface area contributed by atoms with Crippen molar-refractivity contribution >= 4 is 32.2 Å². The SMILES string of the molecule is O=C(N/N=C/c1ccco1)C1CN(S(=O)(=O)c2ccccc2)CCN1S(=O)(=O)c1ccccc1. The number of furan rings is 1. The molecule has 0 spiro atoms. The number of benzene rings is 2. The van der Waals surface area contributed by atoms with E-state index in [0.29, 0.717) is 5.76 Å². The smallest absolute Gasteiger partial charge is 0.259 e. The van der Waals surface area contributed by atoms with Crippen LogP contribution in [-0.4, -0.2) is 63.2 Å². The summed E-state index contributed by atoms with van der Waals surface area (Å²) in [6, 6.07) is 17.4. The first-order valence-corrected chi connectivity index (χ1v) is 13.2. The summed E-state index contributed by atoms with van der Waals surface area (Å²) in [6.45, 7) is -0.683. The summed E-state index contributed by atoms with van der Waals surface area (Å²) >= 11 is 0. The number of sulfonamides is 2. The van der Waals surface area contributed by atoms with E-state index >= 15 is 0 Å². The molecule has 10 nitrogen and oxygen atoms in total. The van der Waals surface area contributed by atoms with Crippen molar-refractivity contribution in [1.82, 2.24) is 14.0 Å². The van der Waals surface area contributed by atoms with Crippen LogP contribution in [0.2, 0.25) is 0 Å². The average Bonchev–Trinajstić information content (AvgIpc) is 3.38. The minimum Gasteiger partial charge on any atom is -0.463 e. The van der Waals surface area contributed by atoms with Gasteiger partial charge in [0.15, 0.2) is 0 Å². The van der Waals surface area contributed by atoms with Crippen LogP contribution in [-0.2, 0) is 24.8 Å². The lowest BCUT2D eigenvalue weighted by Gasteiger charge is -2.38. The van der Waals surface area contributed by atoms with Gasteiger partial charge in [0.05, 0.1) is 22.3 Å². The Hall–Kier alpha value is -3.32. The van der Waals surface area contributed by atoms with E-state index in [1.54, 1.807) is 48.5 Å². The molecule has 1 aliphatic heterocycles. The molecule has 3 aromatic rings. The number of hydrogen-bond acceptors (Lipinski definition) is 7. The number of piperazine rings is 1. The minimum absolute atomic E-state index is 0.00579. The number of nitrogens with one attached hydrogen (secondary N) is 1. The highest BCUT2D eigenvalue weighted by Crippen LogP contribution is 2.25. The molecule has 0 radical (unpaired) electrons. The average molecular weight is 503 g/mol. The van der Waals surface area contributed by atoms with Crippen LogP contribution in [0, 0.1) is 0 Å². The highest BCUT2D eigenvalue weighted by molar-refractivity contribution is 7.89. The Labute approximate surface area is 197 Å². The first kappa shape index (κ1) is 23.8. The Morgan fingerprint density at radius 2 is 1.50 bits per heavy atom. The molecule has 4 rings (SSSR count). The number of carbonyl (C=O) groups excluding carboxylic acids is 1. The summed E-state index contributed by atoms with van der Waals surface area (Å²) in [7, 11) is -8.02. The largest absolute Gasteiger partial charge is 0.463 e. The summed E-state index contributed by atoms with van der Waals surface area (Å²) in [5.41, 5.74) is 2.30. The van der Waals surface area contributed by atoms with Crippen molar-refractivity contribution in [3.05, 3.63) is 84.8 Å². The first-order valence-electron chi connectivity index (χ1n) is 10.3. The molecular weight excluding hydrogens is 480 g/mol. The molecule has 0 saturated carbocycles. The first-order chi connectivity index (χ1) is 16.3. The van der Waals surface area contributed by atoms with Gasteiger partial charge in [-0.3, -0.25) is 4.79 Å². The maximum Gasteiger partial charge on any atom is 0.259 e. The van der Waals surface area contributed by atoms with Crippen molar-refractivity contribution < 1.29 is 26.0 Å². The van der Waals surface area contributed by atoms with E-state index in [9.17, 15) is 21.6 Å². The van der Waals surface area contributed by atoms with Crippen LogP contribution in [0.3, 0.4) is 0 Å². The highest BCUT2D eigenvalue weighted by Gasteiger charge is 2.43. The van der Waals surface area contributed by atoms with E-state index in [1.807, 2.05) is 0 Å². The zero-order chi connectivity index (χ0) is 24.2. The maximum absolute atomic E-state index is 13.3. The standard InChI is InChI=1S/C22H22N4O6S2/c27-22(24-23-16-18-8-7-15-32-18)21-17-25(33(28,29)19-9-3-1-4-10-19)13-14-26(21)34(30,31)20-11-5-2-6-12-20/h1-12,15-16,21H,13-14,17H2,(H,24,27)/b23-16+. The molecule has 1 N–H and O–H groups in total. The van der Waals surface area contributed by atoms with Crippen molar-refractivity contribution in [3.8, 4) is 0 Å². The second-order valence-electron chi connectivity index (χ2n) is 7.37. The molecule has 1 atom stereocenters. The number of rotatable bonds is 7. The van der Waals surface area contributed by atoms with E-state index in [2.05, 4.69) is 10.5 Å². The van der Waals surface area contributed by atoms with Crippen LogP contribution in [0.25, 0.3) is 0 Å². The van der Waals surface area contributed by atoms with E-state index in [-0.39, 0.29) is 29.4 Å². The van der Waals surface area contributed by atoms with Crippen molar-refractivity contribution in [2.24, 2.45) is 5.10 Å². The van der Waals surface area contributed by atoms with E-state index < -0.39 is 32.0 Å². The number of hydrazone groups is 1. The van der Waals surface area contributed by atoms with Gasteiger partial charge < -0.3 is 4.42 Å². The molecule has 1 unspecified atom stereocenters. The molecule has 1 amide bonds. The molecule has 178 valence electrons. The Balaban J connectivity index is 1.63. The third-order valence-electron chi connectivity index (χ3n) is 5.24. The predicted octanol–water partition coefficient (Wildman–Crippen LogP) is 1.49. The quantitative estimate of drug-likeness (QED) is 0.385. The van der Waals surface area contributed by atoms with E-state index in [0.717, 1.165) is 8.61 Å². The number of nitrogens with zero attached hydrogens (tertiary/aromatic N) is 3. The van der Waals surface area contributed by atoms with Crippen molar-refractivity contribution in [3.63, 3.8) is 0 Å². The Morgan fingerprint density at radius 1 is 0.882 bits per heavy atom. The fourth-order valence-electron chi connectivity index (χ4n) is 3.53. The molecule has 1 fully saturated rings.